The summed E-state index contributed by atoms with van der Waals surface area (Å²) in [7, 11) is 1.97. The summed E-state index contributed by atoms with van der Waals surface area (Å²) in [5, 5.41) is 0. The molecule has 0 N–H and O–H groups in total. The van der Waals surface area contributed by atoms with Crippen LogP contribution in [-0.2, 0) is 0 Å². The van der Waals surface area contributed by atoms with Crippen LogP contribution >= 0.6 is 0 Å². The van der Waals surface area contributed by atoms with E-state index in [-0.39, 0.29) is 6.17 Å². The molecular formula is C11H26N2. The Labute approximate surface area is 84.4 Å². The Balaban J connectivity index is -0.000000218. The fraction of sp³-hybridized carbons (Fsp3) is 0.727. The van der Waals surface area contributed by atoms with Crippen LogP contribution in [0.1, 0.15) is 41.5 Å². The lowest BCUT2D eigenvalue weighted by Gasteiger charge is -2.17. The molecule has 0 heterocycles. The van der Waals surface area contributed by atoms with E-state index in [4.69, 9.17) is 0 Å². The summed E-state index contributed by atoms with van der Waals surface area (Å²) in [6.07, 6.45) is 4.13. The van der Waals surface area contributed by atoms with Crippen LogP contribution in [0.3, 0.4) is 0 Å². The van der Waals surface area contributed by atoms with E-state index < -0.39 is 0 Å². The number of hydrogen-bond donors (Lipinski definition) is 0. The quantitative estimate of drug-likeness (QED) is 0.615. The summed E-state index contributed by atoms with van der Waals surface area (Å²) < 4.78 is 0. The minimum Gasteiger partial charge on any atom is -0.360 e. The van der Waals surface area contributed by atoms with Gasteiger partial charge in [0.1, 0.15) is 6.17 Å². The van der Waals surface area contributed by atoms with Gasteiger partial charge < -0.3 is 4.90 Å². The summed E-state index contributed by atoms with van der Waals surface area (Å²) in [5.74, 6) is 0. The molecule has 0 aliphatic carbocycles. The van der Waals surface area contributed by atoms with Gasteiger partial charge in [0, 0.05) is 7.05 Å². The zero-order valence-corrected chi connectivity index (χ0v) is 10.3. The fourth-order valence-electron chi connectivity index (χ4n) is 0.488. The molecule has 2 heteroatoms. The molecule has 1 unspecified atom stereocenters. The topological polar surface area (TPSA) is 15.6 Å². The van der Waals surface area contributed by atoms with E-state index in [1.165, 1.54) is 0 Å². The third-order valence-corrected chi connectivity index (χ3v) is 1.24. The first-order chi connectivity index (χ1) is 6.22. The number of rotatable bonds is 3. The molecule has 0 aromatic carbocycles. The normalized spacial score (nSPS) is 10.4. The molecule has 0 saturated heterocycles. The zero-order chi connectivity index (χ0) is 11.3. The van der Waals surface area contributed by atoms with Crippen molar-refractivity contribution in [3.05, 3.63) is 12.3 Å². The van der Waals surface area contributed by atoms with Gasteiger partial charge in [-0.1, -0.05) is 33.8 Å². The van der Waals surface area contributed by atoms with Crippen LogP contribution in [0.4, 0.5) is 0 Å². The van der Waals surface area contributed by atoms with E-state index in [9.17, 15) is 0 Å². The molecule has 0 bridgehead atoms. The summed E-state index contributed by atoms with van der Waals surface area (Å²) in [6, 6.07) is 0. The Kier molecular flexibility index (Phi) is 24.1. The van der Waals surface area contributed by atoms with Crippen LogP contribution in [-0.4, -0.2) is 24.8 Å². The highest BCUT2D eigenvalue weighted by atomic mass is 15.2. The molecule has 2 nitrogen and oxygen atoms in total. The van der Waals surface area contributed by atoms with Crippen molar-refractivity contribution in [2.24, 2.45) is 4.99 Å². The molecule has 0 rings (SSSR count). The predicted molar refractivity (Wildman–Crippen MR) is 64.3 cm³/mol. The van der Waals surface area contributed by atoms with Gasteiger partial charge in [0.05, 0.1) is 0 Å². The SMILES string of the molecule is C=NC(C)N(C)/C=C\C.CC.CC. The minimum absolute atomic E-state index is 0.182. The molecule has 0 spiro atoms. The lowest BCUT2D eigenvalue weighted by molar-refractivity contribution is 0.364. The number of allylic oxidation sites excluding steroid dienone is 1. The highest BCUT2D eigenvalue weighted by Gasteiger charge is 1.96. The standard InChI is InChI=1S/C7H14N2.2C2H6/c1-5-6-9(4)7(2)8-3;2*1-2/h5-7H,3H2,1-2,4H3;2*1-2H3/b6-5-;;. The van der Waals surface area contributed by atoms with Crippen LogP contribution < -0.4 is 0 Å². The van der Waals surface area contributed by atoms with Gasteiger partial charge in [0.25, 0.3) is 0 Å². The number of nitrogens with zero attached hydrogens (tertiary/aromatic N) is 2. The van der Waals surface area contributed by atoms with E-state index >= 15 is 0 Å². The average Bonchev–Trinajstić information content (AvgIpc) is 2.23. The second kappa shape index (κ2) is 17.3. The highest BCUT2D eigenvalue weighted by Crippen LogP contribution is 1.95. The van der Waals surface area contributed by atoms with Crippen LogP contribution in [0.25, 0.3) is 0 Å². The van der Waals surface area contributed by atoms with Crippen LogP contribution in [0.5, 0.6) is 0 Å². The fourth-order valence-corrected chi connectivity index (χ4v) is 0.488. The lowest BCUT2D eigenvalue weighted by Crippen LogP contribution is -2.20. The van der Waals surface area contributed by atoms with E-state index in [1.54, 1.807) is 0 Å². The van der Waals surface area contributed by atoms with E-state index in [0.29, 0.717) is 0 Å². The molecule has 0 aromatic rings. The first-order valence-electron chi connectivity index (χ1n) is 5.03. The van der Waals surface area contributed by atoms with Gasteiger partial charge in [-0.05, 0) is 26.8 Å². The summed E-state index contributed by atoms with van der Waals surface area (Å²) in [6.45, 7) is 15.4. The molecule has 0 aliphatic rings. The van der Waals surface area contributed by atoms with Gasteiger partial charge in [0.2, 0.25) is 0 Å². The van der Waals surface area contributed by atoms with Gasteiger partial charge in [-0.3, -0.25) is 4.99 Å². The molecule has 0 fully saturated rings. The number of aliphatic imine (C=N–C) groups is 1. The molecular weight excluding hydrogens is 160 g/mol. The van der Waals surface area contributed by atoms with Gasteiger partial charge in [-0.2, -0.15) is 0 Å². The third-order valence-electron chi connectivity index (χ3n) is 1.24. The maximum atomic E-state index is 3.83. The molecule has 0 aromatic heterocycles. The van der Waals surface area contributed by atoms with Gasteiger partial charge in [-0.15, -0.1) is 0 Å². The molecule has 13 heavy (non-hydrogen) atoms. The summed E-state index contributed by atoms with van der Waals surface area (Å²) in [4.78, 5) is 5.82. The second-order valence-electron chi connectivity index (χ2n) is 1.96. The van der Waals surface area contributed by atoms with E-state index in [0.717, 1.165) is 0 Å². The van der Waals surface area contributed by atoms with Crippen molar-refractivity contribution in [2.75, 3.05) is 7.05 Å². The summed E-state index contributed by atoms with van der Waals surface area (Å²) >= 11 is 0. The Morgan fingerprint density at radius 2 is 1.62 bits per heavy atom. The second-order valence-corrected chi connectivity index (χ2v) is 1.96. The van der Waals surface area contributed by atoms with Crippen LogP contribution in [0, 0.1) is 0 Å². The monoisotopic (exact) mass is 186 g/mol. The van der Waals surface area contributed by atoms with Crippen molar-refractivity contribution in [3.63, 3.8) is 0 Å². The smallest absolute Gasteiger partial charge is 0.116 e. The Bertz CT molecular complexity index is 109. The molecule has 0 amide bonds. The Morgan fingerprint density at radius 3 is 1.85 bits per heavy atom. The molecule has 0 radical (unpaired) electrons. The Hall–Kier alpha value is -0.790. The van der Waals surface area contributed by atoms with Crippen molar-refractivity contribution < 1.29 is 0 Å². The molecule has 1 atom stereocenters. The molecule has 80 valence electrons. The van der Waals surface area contributed by atoms with Crippen molar-refractivity contribution in [1.29, 1.82) is 0 Å². The van der Waals surface area contributed by atoms with Crippen LogP contribution in [0.2, 0.25) is 0 Å². The predicted octanol–water partition coefficient (Wildman–Crippen LogP) is 3.55. The van der Waals surface area contributed by atoms with Crippen molar-refractivity contribution in [1.82, 2.24) is 4.90 Å². The van der Waals surface area contributed by atoms with Crippen LogP contribution in [0.15, 0.2) is 17.3 Å². The number of hydrogen-bond acceptors (Lipinski definition) is 2. The van der Waals surface area contributed by atoms with E-state index in [2.05, 4.69) is 11.7 Å². The largest absolute Gasteiger partial charge is 0.360 e. The minimum atomic E-state index is 0.182. The Morgan fingerprint density at radius 1 is 1.23 bits per heavy atom. The first kappa shape index (κ1) is 18.1. The molecule has 0 saturated carbocycles. The highest BCUT2D eigenvalue weighted by molar-refractivity contribution is 5.23. The van der Waals surface area contributed by atoms with Crippen molar-refractivity contribution in [3.8, 4) is 0 Å². The summed E-state index contributed by atoms with van der Waals surface area (Å²) in [5.41, 5.74) is 0. The first-order valence-corrected chi connectivity index (χ1v) is 5.03. The van der Waals surface area contributed by atoms with Gasteiger partial charge in [-0.25, -0.2) is 0 Å². The zero-order valence-electron chi connectivity index (χ0n) is 10.3. The lowest BCUT2D eigenvalue weighted by atomic mass is 10.5. The average molecular weight is 186 g/mol. The maximum absolute atomic E-state index is 3.83. The van der Waals surface area contributed by atoms with Gasteiger partial charge >= 0.3 is 0 Å². The molecule has 0 aliphatic heterocycles. The van der Waals surface area contributed by atoms with E-state index in [1.807, 2.05) is 65.8 Å². The van der Waals surface area contributed by atoms with Crippen molar-refractivity contribution >= 4 is 6.72 Å². The van der Waals surface area contributed by atoms with Gasteiger partial charge in [0.15, 0.2) is 0 Å². The van der Waals surface area contributed by atoms with Crippen molar-refractivity contribution in [2.45, 2.75) is 47.7 Å². The third kappa shape index (κ3) is 14.1. The maximum Gasteiger partial charge on any atom is 0.116 e.